The molecule has 0 aliphatic carbocycles. The highest BCUT2D eigenvalue weighted by Gasteiger charge is 2.34. The molecule has 0 unspecified atom stereocenters. The normalized spacial score (nSPS) is 11.8. The van der Waals surface area contributed by atoms with Crippen LogP contribution in [0.3, 0.4) is 0 Å². The molecule has 1 aromatic rings. The second-order valence-corrected chi connectivity index (χ2v) is 8.98. The second kappa shape index (κ2) is 17.0. The number of rotatable bonds is 19. The molecule has 1 rings (SSSR count). The van der Waals surface area contributed by atoms with Gasteiger partial charge in [-0.2, -0.15) is 18.3 Å². The maximum absolute atomic E-state index is 12.7. The van der Waals surface area contributed by atoms with Crippen LogP contribution in [0.1, 0.15) is 121 Å². The van der Waals surface area contributed by atoms with Crippen LogP contribution in [0.2, 0.25) is 0 Å². The third kappa shape index (κ3) is 13.8. The Morgan fingerprint density at radius 1 is 0.844 bits per heavy atom. The van der Waals surface area contributed by atoms with Crippen LogP contribution in [0.4, 0.5) is 13.2 Å². The van der Waals surface area contributed by atoms with Gasteiger partial charge in [0.25, 0.3) is 0 Å². The van der Waals surface area contributed by atoms with Gasteiger partial charge in [-0.15, -0.1) is 0 Å². The number of hydrogen-bond acceptors (Lipinski definition) is 2. The second-order valence-electron chi connectivity index (χ2n) is 8.98. The minimum absolute atomic E-state index is 0.180. The number of unbranched alkanes of at least 4 members (excludes halogenated alkanes) is 15. The van der Waals surface area contributed by atoms with E-state index in [9.17, 15) is 18.0 Å². The number of aromatic nitrogens is 2. The first-order chi connectivity index (χ1) is 15.3. The Morgan fingerprint density at radius 2 is 1.28 bits per heavy atom. The SMILES string of the molecule is CCCCCCCCCCCCCCCCCCNC(=O)Cn1nc(C(F)(F)F)cc1C. The van der Waals surface area contributed by atoms with Gasteiger partial charge in [0.05, 0.1) is 0 Å². The quantitative estimate of drug-likeness (QED) is 0.217. The van der Waals surface area contributed by atoms with Crippen LogP contribution >= 0.6 is 0 Å². The number of nitrogens with one attached hydrogen (secondary N) is 1. The van der Waals surface area contributed by atoms with Crippen LogP contribution in [-0.2, 0) is 17.5 Å². The van der Waals surface area contributed by atoms with Crippen LogP contribution in [0.5, 0.6) is 0 Å². The highest BCUT2D eigenvalue weighted by molar-refractivity contribution is 5.75. The summed E-state index contributed by atoms with van der Waals surface area (Å²) in [4.78, 5) is 11.9. The molecule has 1 N–H and O–H groups in total. The Morgan fingerprint density at radius 3 is 1.69 bits per heavy atom. The van der Waals surface area contributed by atoms with Crippen LogP contribution in [0.15, 0.2) is 6.07 Å². The molecule has 0 atom stereocenters. The smallest absolute Gasteiger partial charge is 0.354 e. The molecule has 0 aromatic carbocycles. The van der Waals surface area contributed by atoms with E-state index in [0.29, 0.717) is 12.2 Å². The number of carbonyl (C=O) groups excluding carboxylic acids is 1. The Kier molecular flexibility index (Phi) is 15.2. The van der Waals surface area contributed by atoms with Gasteiger partial charge in [0.2, 0.25) is 5.91 Å². The van der Waals surface area contributed by atoms with Crippen molar-refractivity contribution in [1.82, 2.24) is 15.1 Å². The van der Waals surface area contributed by atoms with E-state index in [2.05, 4.69) is 17.3 Å². The van der Waals surface area contributed by atoms with E-state index in [0.717, 1.165) is 23.6 Å². The van der Waals surface area contributed by atoms with Gasteiger partial charge in [-0.1, -0.05) is 103 Å². The summed E-state index contributed by atoms with van der Waals surface area (Å²) in [6.07, 6.45) is 16.3. The van der Waals surface area contributed by atoms with Crippen molar-refractivity contribution in [3.63, 3.8) is 0 Å². The lowest BCUT2D eigenvalue weighted by atomic mass is 10.0. The van der Waals surface area contributed by atoms with Gasteiger partial charge < -0.3 is 5.32 Å². The minimum atomic E-state index is -4.49. The zero-order chi connectivity index (χ0) is 23.7. The van der Waals surface area contributed by atoms with Crippen molar-refractivity contribution in [2.75, 3.05) is 6.54 Å². The maximum atomic E-state index is 12.7. The summed E-state index contributed by atoms with van der Waals surface area (Å²) in [7, 11) is 0. The van der Waals surface area contributed by atoms with Gasteiger partial charge in [0.1, 0.15) is 6.54 Å². The fourth-order valence-corrected chi connectivity index (χ4v) is 3.90. The summed E-state index contributed by atoms with van der Waals surface area (Å²) >= 11 is 0. The summed E-state index contributed by atoms with van der Waals surface area (Å²) in [5, 5.41) is 6.25. The summed E-state index contributed by atoms with van der Waals surface area (Å²) in [5.41, 5.74) is -0.629. The van der Waals surface area contributed by atoms with E-state index in [1.807, 2.05) is 0 Å². The molecule has 1 amide bonds. The van der Waals surface area contributed by atoms with Gasteiger partial charge in [0.15, 0.2) is 5.69 Å². The lowest BCUT2D eigenvalue weighted by Crippen LogP contribution is -2.29. The first-order valence-corrected chi connectivity index (χ1v) is 12.7. The number of hydrogen-bond donors (Lipinski definition) is 1. The molecule has 0 fully saturated rings. The lowest BCUT2D eigenvalue weighted by molar-refractivity contribution is -0.141. The van der Waals surface area contributed by atoms with Crippen molar-refractivity contribution in [2.24, 2.45) is 0 Å². The molecular weight excluding hydrogens is 415 g/mol. The Labute approximate surface area is 192 Å². The number of amides is 1. The molecule has 0 spiro atoms. The first-order valence-electron chi connectivity index (χ1n) is 12.7. The molecule has 0 bridgehead atoms. The number of halogens is 3. The van der Waals surface area contributed by atoms with Crippen molar-refractivity contribution in [3.05, 3.63) is 17.5 Å². The van der Waals surface area contributed by atoms with Crippen LogP contribution in [-0.4, -0.2) is 22.2 Å². The summed E-state index contributed by atoms with van der Waals surface area (Å²) in [5.74, 6) is -0.300. The van der Waals surface area contributed by atoms with E-state index in [1.54, 1.807) is 0 Å². The van der Waals surface area contributed by atoms with Gasteiger partial charge in [-0.25, -0.2) is 0 Å². The number of nitrogens with zero attached hydrogens (tertiary/aromatic N) is 2. The summed E-state index contributed by atoms with van der Waals surface area (Å²) in [6, 6.07) is 0.961. The summed E-state index contributed by atoms with van der Waals surface area (Å²) < 4.78 is 39.1. The van der Waals surface area contributed by atoms with Gasteiger partial charge in [-0.3, -0.25) is 9.48 Å². The van der Waals surface area contributed by atoms with E-state index >= 15 is 0 Å². The van der Waals surface area contributed by atoms with Gasteiger partial charge in [0, 0.05) is 12.2 Å². The zero-order valence-corrected chi connectivity index (χ0v) is 20.2. The minimum Gasteiger partial charge on any atom is -0.354 e. The summed E-state index contributed by atoms with van der Waals surface area (Å²) in [6.45, 7) is 4.16. The van der Waals surface area contributed by atoms with Gasteiger partial charge >= 0.3 is 6.18 Å². The monoisotopic (exact) mass is 459 g/mol. The largest absolute Gasteiger partial charge is 0.435 e. The molecule has 7 heteroatoms. The molecule has 186 valence electrons. The van der Waals surface area contributed by atoms with Crippen molar-refractivity contribution < 1.29 is 18.0 Å². The van der Waals surface area contributed by atoms with E-state index < -0.39 is 11.9 Å². The highest BCUT2D eigenvalue weighted by atomic mass is 19.4. The van der Waals surface area contributed by atoms with Crippen molar-refractivity contribution in [1.29, 1.82) is 0 Å². The first kappa shape index (κ1) is 28.5. The number of alkyl halides is 3. The molecule has 32 heavy (non-hydrogen) atoms. The molecule has 1 aromatic heterocycles. The van der Waals surface area contributed by atoms with Crippen molar-refractivity contribution >= 4 is 5.91 Å². The predicted octanol–water partition coefficient (Wildman–Crippen LogP) is 7.59. The van der Waals surface area contributed by atoms with E-state index in [4.69, 9.17) is 0 Å². The van der Waals surface area contributed by atoms with Crippen LogP contribution < -0.4 is 5.32 Å². The Bertz CT molecular complexity index is 614. The molecule has 0 aliphatic rings. The molecule has 0 saturated carbocycles. The lowest BCUT2D eigenvalue weighted by Gasteiger charge is -2.07. The molecule has 0 aliphatic heterocycles. The number of aryl methyl sites for hydroxylation is 1. The van der Waals surface area contributed by atoms with Gasteiger partial charge in [-0.05, 0) is 19.4 Å². The Balaban J connectivity index is 1.90. The fourth-order valence-electron chi connectivity index (χ4n) is 3.90. The van der Waals surface area contributed by atoms with Crippen molar-refractivity contribution in [3.8, 4) is 0 Å². The van der Waals surface area contributed by atoms with Crippen LogP contribution in [0.25, 0.3) is 0 Å². The average molecular weight is 460 g/mol. The molecular formula is C25H44F3N3O. The highest BCUT2D eigenvalue weighted by Crippen LogP contribution is 2.28. The molecule has 0 saturated heterocycles. The average Bonchev–Trinajstić information content (AvgIpc) is 3.11. The topological polar surface area (TPSA) is 46.9 Å². The molecule has 1 heterocycles. The number of carbonyl (C=O) groups is 1. The maximum Gasteiger partial charge on any atom is 0.435 e. The predicted molar refractivity (Wildman–Crippen MR) is 125 cm³/mol. The standard InChI is InChI=1S/C25H44F3N3O/c1-3-4-5-6-7-8-9-10-11-12-13-14-15-16-17-18-19-29-24(32)21-31-22(2)20-23(30-31)25(26,27)28/h20H,3-19,21H2,1-2H3,(H,29,32). The van der Waals surface area contributed by atoms with E-state index in [1.165, 1.54) is 96.8 Å². The fraction of sp³-hybridized carbons (Fsp3) is 0.840. The Hall–Kier alpha value is -1.53. The van der Waals surface area contributed by atoms with E-state index in [-0.39, 0.29) is 12.5 Å². The molecule has 0 radical (unpaired) electrons. The third-order valence-electron chi connectivity index (χ3n) is 5.92. The van der Waals surface area contributed by atoms with Crippen LogP contribution in [0, 0.1) is 6.92 Å². The third-order valence-corrected chi connectivity index (χ3v) is 5.92. The zero-order valence-electron chi connectivity index (χ0n) is 20.2. The molecule has 4 nitrogen and oxygen atoms in total. The van der Waals surface area contributed by atoms with Crippen molar-refractivity contribution in [2.45, 2.75) is 129 Å².